The highest BCUT2D eigenvalue weighted by Gasteiger charge is 2.16. The number of aromatic nitrogens is 1. The van der Waals surface area contributed by atoms with Crippen molar-refractivity contribution >= 4 is 34.2 Å². The van der Waals surface area contributed by atoms with Crippen molar-refractivity contribution in [3.8, 4) is 16.9 Å². The third-order valence-electron chi connectivity index (χ3n) is 4.40. The fourth-order valence-electron chi connectivity index (χ4n) is 2.98. The van der Waals surface area contributed by atoms with Crippen LogP contribution in [0.1, 0.15) is 10.4 Å². The van der Waals surface area contributed by atoms with Crippen LogP contribution in [0.25, 0.3) is 22.1 Å². The Kier molecular flexibility index (Phi) is 5.01. The first-order valence-corrected chi connectivity index (χ1v) is 9.08. The summed E-state index contributed by atoms with van der Waals surface area (Å²) >= 11 is 6.01. The second-order valence-corrected chi connectivity index (χ2v) is 6.55. The van der Waals surface area contributed by atoms with Gasteiger partial charge < -0.3 is 14.5 Å². The lowest BCUT2D eigenvalue weighted by atomic mass is 10.0. The molecule has 0 radical (unpaired) electrons. The van der Waals surface area contributed by atoms with Crippen LogP contribution in [0.3, 0.4) is 0 Å². The van der Waals surface area contributed by atoms with E-state index in [1.165, 1.54) is 13.3 Å². The molecular formula is C22H15ClN2O4. The number of pyridine rings is 1. The maximum atomic E-state index is 12.6. The lowest BCUT2D eigenvalue weighted by Crippen LogP contribution is -2.14. The van der Waals surface area contributed by atoms with Crippen molar-refractivity contribution in [3.63, 3.8) is 0 Å². The van der Waals surface area contributed by atoms with E-state index in [0.717, 1.165) is 5.39 Å². The van der Waals surface area contributed by atoms with Gasteiger partial charge in [0.15, 0.2) is 0 Å². The number of hydrogen-bond donors (Lipinski definition) is 1. The van der Waals surface area contributed by atoms with Crippen LogP contribution >= 0.6 is 11.6 Å². The van der Waals surface area contributed by atoms with Gasteiger partial charge in [-0.3, -0.25) is 4.79 Å². The van der Waals surface area contributed by atoms with Crippen molar-refractivity contribution in [1.82, 2.24) is 4.98 Å². The van der Waals surface area contributed by atoms with Crippen LogP contribution in [-0.4, -0.2) is 18.0 Å². The summed E-state index contributed by atoms with van der Waals surface area (Å²) in [6.45, 7) is 0. The molecule has 2 heterocycles. The number of benzene rings is 2. The van der Waals surface area contributed by atoms with E-state index in [4.69, 9.17) is 20.8 Å². The number of anilines is 1. The predicted octanol–water partition coefficient (Wildman–Crippen LogP) is 4.77. The van der Waals surface area contributed by atoms with Crippen molar-refractivity contribution in [2.75, 3.05) is 12.4 Å². The normalized spacial score (nSPS) is 10.7. The molecule has 2 aromatic heterocycles. The Bertz CT molecular complexity index is 1280. The number of carbonyl (C=O) groups is 1. The molecule has 0 aliphatic rings. The Morgan fingerprint density at radius 1 is 1.10 bits per heavy atom. The van der Waals surface area contributed by atoms with E-state index in [9.17, 15) is 9.59 Å². The first kappa shape index (κ1) is 18.7. The lowest BCUT2D eigenvalue weighted by Gasteiger charge is -2.12. The highest BCUT2D eigenvalue weighted by atomic mass is 35.5. The van der Waals surface area contributed by atoms with Crippen LogP contribution in [0.15, 0.2) is 76.1 Å². The van der Waals surface area contributed by atoms with Gasteiger partial charge in [0.1, 0.15) is 16.5 Å². The minimum Gasteiger partial charge on any atom is -0.495 e. The molecule has 2 aromatic carbocycles. The number of nitrogens with zero attached hydrogens (tertiary/aromatic N) is 1. The van der Waals surface area contributed by atoms with Gasteiger partial charge in [0.05, 0.1) is 23.9 Å². The van der Waals surface area contributed by atoms with Crippen molar-refractivity contribution in [1.29, 1.82) is 0 Å². The van der Waals surface area contributed by atoms with Gasteiger partial charge in [-0.25, -0.2) is 9.78 Å². The van der Waals surface area contributed by atoms with Gasteiger partial charge in [0, 0.05) is 11.6 Å². The fraction of sp³-hybridized carbons (Fsp3) is 0.0455. The minimum atomic E-state index is -0.471. The largest absolute Gasteiger partial charge is 0.495 e. The topological polar surface area (TPSA) is 81.4 Å². The number of carbonyl (C=O) groups excluding carboxylic acids is 1. The number of ether oxygens (including phenoxy) is 1. The van der Waals surface area contributed by atoms with Gasteiger partial charge in [0.2, 0.25) is 0 Å². The molecule has 0 unspecified atom stereocenters. The summed E-state index contributed by atoms with van der Waals surface area (Å²) in [4.78, 5) is 29.0. The maximum absolute atomic E-state index is 12.6. The number of rotatable bonds is 4. The summed E-state index contributed by atoms with van der Waals surface area (Å²) < 4.78 is 10.7. The zero-order valence-corrected chi connectivity index (χ0v) is 16.1. The second kappa shape index (κ2) is 7.77. The summed E-state index contributed by atoms with van der Waals surface area (Å²) in [5, 5.41) is 3.65. The zero-order chi connectivity index (χ0) is 20.4. The number of hydrogen-bond acceptors (Lipinski definition) is 5. The van der Waals surface area contributed by atoms with E-state index < -0.39 is 11.5 Å². The van der Waals surface area contributed by atoms with Crippen LogP contribution < -0.4 is 15.7 Å². The summed E-state index contributed by atoms with van der Waals surface area (Å²) in [5.74, 6) is -0.00335. The van der Waals surface area contributed by atoms with Gasteiger partial charge in [-0.05, 0) is 42.0 Å². The molecule has 0 aliphatic carbocycles. The third kappa shape index (κ3) is 3.70. The van der Waals surface area contributed by atoms with E-state index in [1.807, 2.05) is 12.1 Å². The number of fused-ring (bicyclic) bond motifs is 1. The van der Waals surface area contributed by atoms with Gasteiger partial charge in [0.25, 0.3) is 5.91 Å². The quantitative estimate of drug-likeness (QED) is 0.390. The monoisotopic (exact) mass is 406 g/mol. The molecule has 1 amide bonds. The van der Waals surface area contributed by atoms with E-state index in [1.54, 1.807) is 48.5 Å². The maximum Gasteiger partial charge on any atom is 0.344 e. The molecule has 4 rings (SSSR count). The molecule has 4 aromatic rings. The summed E-state index contributed by atoms with van der Waals surface area (Å²) in [7, 11) is 1.49. The summed E-state index contributed by atoms with van der Waals surface area (Å²) in [5.41, 5.74) is 1.62. The van der Waals surface area contributed by atoms with E-state index in [-0.39, 0.29) is 10.7 Å². The van der Waals surface area contributed by atoms with E-state index in [2.05, 4.69) is 10.3 Å². The predicted molar refractivity (Wildman–Crippen MR) is 112 cm³/mol. The van der Waals surface area contributed by atoms with Gasteiger partial charge >= 0.3 is 5.63 Å². The average Bonchev–Trinajstić information content (AvgIpc) is 2.73. The first-order valence-electron chi connectivity index (χ1n) is 8.70. The van der Waals surface area contributed by atoms with Crippen LogP contribution in [0.5, 0.6) is 5.75 Å². The van der Waals surface area contributed by atoms with Crippen molar-refractivity contribution in [2.45, 2.75) is 0 Å². The number of halogens is 1. The average molecular weight is 407 g/mol. The second-order valence-electron chi connectivity index (χ2n) is 6.20. The molecule has 7 heteroatoms. The number of methoxy groups -OCH3 is 1. The minimum absolute atomic E-state index is 0.0929. The van der Waals surface area contributed by atoms with Crippen LogP contribution in [0.2, 0.25) is 5.15 Å². The van der Waals surface area contributed by atoms with Crippen LogP contribution in [-0.2, 0) is 0 Å². The van der Waals surface area contributed by atoms with Gasteiger partial charge in [-0.1, -0.05) is 35.9 Å². The Labute approximate surface area is 170 Å². The summed E-state index contributed by atoms with van der Waals surface area (Å²) in [6.07, 6.45) is 1.50. The molecule has 144 valence electrons. The van der Waals surface area contributed by atoms with E-state index in [0.29, 0.717) is 28.1 Å². The fourth-order valence-corrected chi connectivity index (χ4v) is 3.19. The molecule has 0 atom stereocenters. The number of nitrogens with one attached hydrogen (secondary N) is 1. The molecule has 0 bridgehead atoms. The molecule has 0 fully saturated rings. The van der Waals surface area contributed by atoms with E-state index >= 15 is 0 Å². The lowest BCUT2D eigenvalue weighted by molar-refractivity contribution is 0.102. The standard InChI is InChI=1S/C22H15ClN2O4/c1-28-19-9-8-13(16-11-14-5-2-3-7-18(14)29-22(16)27)12-17(19)25-21(26)15-6-4-10-24-20(15)23/h2-12H,1H3,(H,25,26). The Morgan fingerprint density at radius 2 is 1.93 bits per heavy atom. The Morgan fingerprint density at radius 3 is 2.72 bits per heavy atom. The Balaban J connectivity index is 1.76. The molecule has 0 spiro atoms. The van der Waals surface area contributed by atoms with Crippen LogP contribution in [0, 0.1) is 0 Å². The molecule has 0 saturated heterocycles. The van der Waals surface area contributed by atoms with Crippen molar-refractivity contribution in [2.24, 2.45) is 0 Å². The highest BCUT2D eigenvalue weighted by Crippen LogP contribution is 2.31. The smallest absolute Gasteiger partial charge is 0.344 e. The van der Waals surface area contributed by atoms with Crippen LogP contribution in [0.4, 0.5) is 5.69 Å². The molecule has 29 heavy (non-hydrogen) atoms. The molecule has 0 saturated carbocycles. The highest BCUT2D eigenvalue weighted by molar-refractivity contribution is 6.33. The summed E-state index contributed by atoms with van der Waals surface area (Å²) in [6, 6.07) is 17.3. The number of amides is 1. The third-order valence-corrected chi connectivity index (χ3v) is 4.71. The number of para-hydroxylation sites is 1. The Hall–Kier alpha value is -3.64. The zero-order valence-electron chi connectivity index (χ0n) is 15.3. The van der Waals surface area contributed by atoms with Crippen molar-refractivity contribution in [3.05, 3.63) is 88.0 Å². The van der Waals surface area contributed by atoms with Crippen molar-refractivity contribution < 1.29 is 13.9 Å². The van der Waals surface area contributed by atoms with Gasteiger partial charge in [-0.15, -0.1) is 0 Å². The molecule has 6 nitrogen and oxygen atoms in total. The molecule has 1 N–H and O–H groups in total. The SMILES string of the molecule is COc1ccc(-c2cc3ccccc3oc2=O)cc1NC(=O)c1cccnc1Cl. The van der Waals surface area contributed by atoms with Gasteiger partial charge in [-0.2, -0.15) is 0 Å². The molecule has 0 aliphatic heterocycles. The first-order chi connectivity index (χ1) is 14.1. The molecular weight excluding hydrogens is 392 g/mol.